The average Bonchev–Trinajstić information content (AvgIpc) is 2.86. The summed E-state index contributed by atoms with van der Waals surface area (Å²) < 4.78 is 4.99. The van der Waals surface area contributed by atoms with Crippen LogP contribution in [-0.2, 0) is 12.8 Å². The van der Waals surface area contributed by atoms with Crippen LogP contribution in [0.15, 0.2) is 30.5 Å². The molecule has 1 unspecified atom stereocenters. The summed E-state index contributed by atoms with van der Waals surface area (Å²) in [4.78, 5) is 6.66. The Kier molecular flexibility index (Phi) is 4.33. The van der Waals surface area contributed by atoms with Crippen LogP contribution in [0.4, 0.5) is 0 Å². The van der Waals surface area contributed by atoms with Gasteiger partial charge in [0.15, 0.2) is 0 Å². The van der Waals surface area contributed by atoms with Gasteiger partial charge in [0.1, 0.15) is 0 Å². The molecular formula is C14H17NO2S. The van der Waals surface area contributed by atoms with Crippen molar-refractivity contribution in [2.75, 3.05) is 7.11 Å². The van der Waals surface area contributed by atoms with Crippen LogP contribution in [0.1, 0.15) is 28.3 Å². The van der Waals surface area contributed by atoms with Gasteiger partial charge in [0.2, 0.25) is 5.88 Å². The second-order valence-electron chi connectivity index (χ2n) is 4.08. The lowest BCUT2D eigenvalue weighted by Crippen LogP contribution is -2.01. The van der Waals surface area contributed by atoms with Crippen molar-refractivity contribution < 1.29 is 9.84 Å². The largest absolute Gasteiger partial charge is 0.481 e. The van der Waals surface area contributed by atoms with Crippen LogP contribution in [0.25, 0.3) is 0 Å². The van der Waals surface area contributed by atoms with Crippen molar-refractivity contribution in [2.45, 2.75) is 25.9 Å². The van der Waals surface area contributed by atoms with Gasteiger partial charge in [0.25, 0.3) is 0 Å². The molecule has 18 heavy (non-hydrogen) atoms. The molecule has 0 saturated heterocycles. The molecule has 2 aromatic heterocycles. The van der Waals surface area contributed by atoms with Crippen molar-refractivity contribution in [3.05, 3.63) is 45.8 Å². The van der Waals surface area contributed by atoms with E-state index in [1.807, 2.05) is 6.07 Å². The first-order chi connectivity index (χ1) is 8.72. The third-order valence-corrected chi connectivity index (χ3v) is 4.07. The van der Waals surface area contributed by atoms with E-state index in [0.717, 1.165) is 12.0 Å². The Morgan fingerprint density at radius 3 is 2.61 bits per heavy atom. The van der Waals surface area contributed by atoms with Crippen LogP contribution in [0, 0.1) is 0 Å². The molecular weight excluding hydrogens is 246 g/mol. The predicted molar refractivity (Wildman–Crippen MR) is 73.1 cm³/mol. The van der Waals surface area contributed by atoms with Gasteiger partial charge in [-0.2, -0.15) is 0 Å². The zero-order chi connectivity index (χ0) is 13.0. The molecule has 0 amide bonds. The minimum absolute atomic E-state index is 0.508. The molecule has 0 aliphatic carbocycles. The number of hydrogen-bond donors (Lipinski definition) is 1. The Labute approximate surface area is 111 Å². The Hall–Kier alpha value is -1.39. The molecule has 2 rings (SSSR count). The van der Waals surface area contributed by atoms with E-state index in [0.29, 0.717) is 12.3 Å². The van der Waals surface area contributed by atoms with Crippen LogP contribution >= 0.6 is 11.3 Å². The van der Waals surface area contributed by atoms with Crippen molar-refractivity contribution in [1.29, 1.82) is 0 Å². The first kappa shape index (κ1) is 13.1. The Morgan fingerprint density at radius 2 is 2.06 bits per heavy atom. The van der Waals surface area contributed by atoms with E-state index >= 15 is 0 Å². The first-order valence-electron chi connectivity index (χ1n) is 5.98. The van der Waals surface area contributed by atoms with Crippen molar-refractivity contribution in [3.8, 4) is 5.88 Å². The number of ether oxygens (including phenoxy) is 1. The summed E-state index contributed by atoms with van der Waals surface area (Å²) in [5.41, 5.74) is 0.822. The van der Waals surface area contributed by atoms with Crippen LogP contribution < -0.4 is 4.74 Å². The van der Waals surface area contributed by atoms with E-state index in [1.165, 1.54) is 9.75 Å². The quantitative estimate of drug-likeness (QED) is 0.901. The maximum atomic E-state index is 10.1. The molecule has 2 aromatic rings. The second-order valence-corrected chi connectivity index (χ2v) is 5.33. The van der Waals surface area contributed by atoms with E-state index in [1.54, 1.807) is 30.7 Å². The maximum Gasteiger partial charge on any atom is 0.212 e. The Bertz CT molecular complexity index is 493. The number of aromatic nitrogens is 1. The molecule has 0 aliphatic rings. The molecule has 0 saturated carbocycles. The molecule has 4 heteroatoms. The standard InChI is InChI=1S/C14H17NO2S/c1-3-11-5-6-12(18-11)8-13(16)10-4-7-14(17-2)15-9-10/h4-7,9,13,16H,3,8H2,1-2H3. The Morgan fingerprint density at radius 1 is 1.28 bits per heavy atom. The van der Waals surface area contributed by atoms with Crippen LogP contribution in [0.2, 0.25) is 0 Å². The highest BCUT2D eigenvalue weighted by atomic mass is 32.1. The average molecular weight is 263 g/mol. The van der Waals surface area contributed by atoms with Gasteiger partial charge >= 0.3 is 0 Å². The summed E-state index contributed by atoms with van der Waals surface area (Å²) in [5.74, 6) is 0.565. The predicted octanol–water partition coefficient (Wildman–Crippen LogP) is 2.99. The van der Waals surface area contributed by atoms with Crippen molar-refractivity contribution in [3.63, 3.8) is 0 Å². The van der Waals surface area contributed by atoms with Gasteiger partial charge in [-0.25, -0.2) is 4.98 Å². The van der Waals surface area contributed by atoms with Crippen molar-refractivity contribution in [1.82, 2.24) is 4.98 Å². The molecule has 2 heterocycles. The number of hydrogen-bond acceptors (Lipinski definition) is 4. The lowest BCUT2D eigenvalue weighted by atomic mass is 10.1. The van der Waals surface area contributed by atoms with E-state index in [4.69, 9.17) is 4.74 Å². The molecule has 0 spiro atoms. The van der Waals surface area contributed by atoms with Gasteiger partial charge in [0, 0.05) is 28.4 Å². The van der Waals surface area contributed by atoms with E-state index in [9.17, 15) is 5.11 Å². The number of thiophene rings is 1. The fourth-order valence-corrected chi connectivity index (χ4v) is 2.73. The Balaban J connectivity index is 2.03. The van der Waals surface area contributed by atoms with Gasteiger partial charge in [-0.3, -0.25) is 0 Å². The number of pyridine rings is 1. The number of methoxy groups -OCH3 is 1. The molecule has 1 atom stereocenters. The summed E-state index contributed by atoms with van der Waals surface area (Å²) in [5, 5.41) is 10.1. The number of aryl methyl sites for hydroxylation is 1. The zero-order valence-electron chi connectivity index (χ0n) is 10.6. The maximum absolute atomic E-state index is 10.1. The molecule has 0 fully saturated rings. The topological polar surface area (TPSA) is 42.4 Å². The highest BCUT2D eigenvalue weighted by Gasteiger charge is 2.10. The lowest BCUT2D eigenvalue weighted by Gasteiger charge is -2.09. The number of aliphatic hydroxyl groups is 1. The van der Waals surface area contributed by atoms with Gasteiger partial charge < -0.3 is 9.84 Å². The van der Waals surface area contributed by atoms with Crippen LogP contribution in [-0.4, -0.2) is 17.2 Å². The summed E-state index contributed by atoms with van der Waals surface area (Å²) in [6.45, 7) is 2.14. The normalized spacial score (nSPS) is 12.4. The molecule has 0 aliphatic heterocycles. The van der Waals surface area contributed by atoms with Gasteiger partial charge in [0.05, 0.1) is 13.2 Å². The minimum Gasteiger partial charge on any atom is -0.481 e. The van der Waals surface area contributed by atoms with Crippen LogP contribution in [0.5, 0.6) is 5.88 Å². The van der Waals surface area contributed by atoms with Gasteiger partial charge in [-0.15, -0.1) is 11.3 Å². The summed E-state index contributed by atoms with van der Waals surface area (Å²) in [6, 6.07) is 7.83. The highest BCUT2D eigenvalue weighted by molar-refractivity contribution is 7.11. The number of aliphatic hydroxyl groups excluding tert-OH is 1. The van der Waals surface area contributed by atoms with Gasteiger partial charge in [-0.05, 0) is 30.2 Å². The van der Waals surface area contributed by atoms with Crippen molar-refractivity contribution in [2.24, 2.45) is 0 Å². The monoisotopic (exact) mass is 263 g/mol. The minimum atomic E-state index is -0.508. The molecule has 3 nitrogen and oxygen atoms in total. The second kappa shape index (κ2) is 5.98. The SMILES string of the molecule is CCc1ccc(CC(O)c2ccc(OC)nc2)s1. The zero-order valence-corrected chi connectivity index (χ0v) is 11.4. The molecule has 0 radical (unpaired) electrons. The van der Waals surface area contributed by atoms with Crippen molar-refractivity contribution >= 4 is 11.3 Å². The van der Waals surface area contributed by atoms with E-state index < -0.39 is 6.10 Å². The lowest BCUT2D eigenvalue weighted by molar-refractivity contribution is 0.179. The van der Waals surface area contributed by atoms with E-state index in [-0.39, 0.29) is 0 Å². The fraction of sp³-hybridized carbons (Fsp3) is 0.357. The summed E-state index contributed by atoms with van der Waals surface area (Å²) in [7, 11) is 1.58. The third-order valence-electron chi connectivity index (χ3n) is 2.81. The highest BCUT2D eigenvalue weighted by Crippen LogP contribution is 2.24. The van der Waals surface area contributed by atoms with Crippen LogP contribution in [0.3, 0.4) is 0 Å². The molecule has 96 valence electrons. The molecule has 0 bridgehead atoms. The summed E-state index contributed by atoms with van der Waals surface area (Å²) >= 11 is 1.76. The van der Waals surface area contributed by atoms with Gasteiger partial charge in [-0.1, -0.05) is 6.92 Å². The third kappa shape index (κ3) is 3.09. The smallest absolute Gasteiger partial charge is 0.212 e. The van der Waals surface area contributed by atoms with E-state index in [2.05, 4.69) is 24.0 Å². The number of rotatable bonds is 5. The first-order valence-corrected chi connectivity index (χ1v) is 6.80. The summed E-state index contributed by atoms with van der Waals surface area (Å²) in [6.07, 6.45) is 2.84. The molecule has 1 N–H and O–H groups in total. The number of nitrogens with zero attached hydrogens (tertiary/aromatic N) is 1. The molecule has 0 aromatic carbocycles. The fourth-order valence-electron chi connectivity index (χ4n) is 1.74.